The molecule has 0 spiro atoms. The van der Waals surface area contributed by atoms with Crippen LogP contribution >= 0.6 is 0 Å². The Morgan fingerprint density at radius 2 is 0.943 bits per heavy atom. The molecule has 0 bridgehead atoms. The van der Waals surface area contributed by atoms with Gasteiger partial charge in [0.1, 0.15) is 11.5 Å². The summed E-state index contributed by atoms with van der Waals surface area (Å²) in [6, 6.07) is 36.7. The molecule has 0 atom stereocenters. The highest BCUT2D eigenvalue weighted by molar-refractivity contribution is 6.21. The van der Waals surface area contributed by atoms with Crippen molar-refractivity contribution in [3.8, 4) is 33.8 Å². The van der Waals surface area contributed by atoms with E-state index in [4.69, 9.17) is 9.47 Å². The molecule has 0 aliphatic heterocycles. The lowest BCUT2D eigenvalue weighted by Crippen LogP contribution is -1.96. The number of para-hydroxylation sites is 1. The normalized spacial score (nSPS) is 11.7. The number of aromatic nitrogens is 1. The molecule has 0 N–H and O–H groups in total. The van der Waals surface area contributed by atoms with Crippen molar-refractivity contribution in [1.29, 1.82) is 0 Å². The van der Waals surface area contributed by atoms with Crippen LogP contribution in [0.3, 0.4) is 0 Å². The van der Waals surface area contributed by atoms with Gasteiger partial charge in [0, 0.05) is 21.9 Å². The third-order valence-electron chi connectivity index (χ3n) is 7.12. The third-order valence-corrected chi connectivity index (χ3v) is 7.12. The molecule has 168 valence electrons. The smallest absolute Gasteiger partial charge is 0.118 e. The topological polar surface area (TPSA) is 22.9 Å². The molecule has 3 heterocycles. The lowest BCUT2D eigenvalue weighted by molar-refractivity contribution is 0.415. The molecule has 0 saturated carbocycles. The number of rotatable bonds is 4. The van der Waals surface area contributed by atoms with E-state index in [1.807, 2.05) is 24.3 Å². The summed E-state index contributed by atoms with van der Waals surface area (Å²) in [6.45, 7) is 0. The minimum atomic E-state index is 0.861. The predicted molar refractivity (Wildman–Crippen MR) is 145 cm³/mol. The first kappa shape index (κ1) is 19.9. The van der Waals surface area contributed by atoms with Crippen LogP contribution in [0.5, 0.6) is 11.5 Å². The van der Waals surface area contributed by atoms with Gasteiger partial charge in [0.25, 0.3) is 0 Å². The van der Waals surface area contributed by atoms with Gasteiger partial charge < -0.3 is 13.9 Å². The highest BCUT2D eigenvalue weighted by Crippen LogP contribution is 2.44. The predicted octanol–water partition coefficient (Wildman–Crippen LogP) is 8.19. The quantitative estimate of drug-likeness (QED) is 0.268. The van der Waals surface area contributed by atoms with E-state index >= 15 is 0 Å². The van der Waals surface area contributed by atoms with Crippen molar-refractivity contribution in [3.05, 3.63) is 103 Å². The second kappa shape index (κ2) is 7.51. The Hall–Kier alpha value is -4.50. The molecule has 35 heavy (non-hydrogen) atoms. The first-order valence-electron chi connectivity index (χ1n) is 11.8. The first-order valence-corrected chi connectivity index (χ1v) is 11.8. The second-order valence-electron chi connectivity index (χ2n) is 8.94. The molecular formula is C32H23NO2. The molecule has 0 aliphatic carbocycles. The van der Waals surface area contributed by atoms with Crippen LogP contribution in [0.1, 0.15) is 0 Å². The van der Waals surface area contributed by atoms with Gasteiger partial charge in [-0.25, -0.2) is 0 Å². The Bertz CT molecular complexity index is 1710. The average Bonchev–Trinajstić information content (AvgIpc) is 3.28. The molecule has 3 nitrogen and oxygen atoms in total. The number of methoxy groups -OCH3 is 2. The largest absolute Gasteiger partial charge is 0.497 e. The SMILES string of the molecule is COc1ccc(-c2cc3cccc4cc(-c5ccc(OC)cc5)c5c6ccccc6c2n5c34)cc1. The van der Waals surface area contributed by atoms with E-state index < -0.39 is 0 Å². The van der Waals surface area contributed by atoms with Crippen LogP contribution in [0.15, 0.2) is 103 Å². The number of benzene rings is 4. The summed E-state index contributed by atoms with van der Waals surface area (Å²) in [5.41, 5.74) is 8.51. The summed E-state index contributed by atoms with van der Waals surface area (Å²) < 4.78 is 13.3. The maximum Gasteiger partial charge on any atom is 0.118 e. The fourth-order valence-electron chi connectivity index (χ4n) is 5.50. The Labute approximate surface area is 203 Å². The summed E-state index contributed by atoms with van der Waals surface area (Å²) in [5.74, 6) is 1.72. The van der Waals surface area contributed by atoms with Crippen LogP contribution < -0.4 is 9.47 Å². The zero-order chi connectivity index (χ0) is 23.5. The molecule has 0 unspecified atom stereocenters. The Balaban J connectivity index is 1.68. The molecular weight excluding hydrogens is 430 g/mol. The number of fused-ring (bicyclic) bond motifs is 3. The van der Waals surface area contributed by atoms with Crippen LogP contribution in [0.2, 0.25) is 0 Å². The second-order valence-corrected chi connectivity index (χ2v) is 8.94. The molecule has 0 fully saturated rings. The minimum Gasteiger partial charge on any atom is -0.497 e. The van der Waals surface area contributed by atoms with Crippen LogP contribution in [0.25, 0.3) is 60.3 Å². The Morgan fingerprint density at radius 3 is 1.37 bits per heavy atom. The standard InChI is InChI=1S/C32H23NO2/c1-34-24-14-10-20(11-15-24)28-18-22-6-5-7-23-19-29(21-12-16-25(35-2)17-13-21)32-27-9-4-3-8-26(27)31(28)33(32)30(22)23/h3-19H,1-2H3. The molecule has 0 amide bonds. The van der Waals surface area contributed by atoms with Crippen LogP contribution in [0, 0.1) is 0 Å². The molecule has 0 saturated heterocycles. The maximum atomic E-state index is 5.42. The van der Waals surface area contributed by atoms with Gasteiger partial charge in [-0.2, -0.15) is 0 Å². The van der Waals surface area contributed by atoms with E-state index in [0.29, 0.717) is 0 Å². The number of hydrogen-bond acceptors (Lipinski definition) is 2. The van der Waals surface area contributed by atoms with Crippen molar-refractivity contribution in [2.75, 3.05) is 14.2 Å². The minimum absolute atomic E-state index is 0.861. The Kier molecular flexibility index (Phi) is 4.27. The van der Waals surface area contributed by atoms with E-state index in [0.717, 1.165) is 11.5 Å². The molecule has 7 rings (SSSR count). The number of nitrogens with zero attached hydrogens (tertiary/aromatic N) is 1. The molecule has 0 radical (unpaired) electrons. The van der Waals surface area contributed by atoms with E-state index in [1.54, 1.807) is 14.2 Å². The Morgan fingerprint density at radius 1 is 0.486 bits per heavy atom. The van der Waals surface area contributed by atoms with Gasteiger partial charge in [-0.1, -0.05) is 66.7 Å². The fourth-order valence-corrected chi connectivity index (χ4v) is 5.50. The van der Waals surface area contributed by atoms with Crippen LogP contribution in [0.4, 0.5) is 0 Å². The van der Waals surface area contributed by atoms with Crippen molar-refractivity contribution in [2.24, 2.45) is 0 Å². The van der Waals surface area contributed by atoms with Gasteiger partial charge in [-0.15, -0.1) is 0 Å². The average molecular weight is 454 g/mol. The van der Waals surface area contributed by atoms with Gasteiger partial charge in [-0.3, -0.25) is 0 Å². The number of hydrogen-bond donors (Lipinski definition) is 0. The molecule has 3 heteroatoms. The van der Waals surface area contributed by atoms with E-state index in [-0.39, 0.29) is 0 Å². The van der Waals surface area contributed by atoms with Gasteiger partial charge in [0.15, 0.2) is 0 Å². The van der Waals surface area contributed by atoms with Crippen LogP contribution in [-0.4, -0.2) is 18.6 Å². The zero-order valence-corrected chi connectivity index (χ0v) is 19.6. The van der Waals surface area contributed by atoms with E-state index in [1.165, 1.54) is 60.3 Å². The molecule has 3 aromatic heterocycles. The first-order chi connectivity index (χ1) is 17.3. The third kappa shape index (κ3) is 2.85. The van der Waals surface area contributed by atoms with Crippen molar-refractivity contribution < 1.29 is 9.47 Å². The van der Waals surface area contributed by atoms with E-state index in [2.05, 4.69) is 83.3 Å². The zero-order valence-electron chi connectivity index (χ0n) is 19.6. The van der Waals surface area contributed by atoms with Crippen LogP contribution in [-0.2, 0) is 0 Å². The maximum absolute atomic E-state index is 5.42. The van der Waals surface area contributed by atoms with E-state index in [9.17, 15) is 0 Å². The molecule has 0 aliphatic rings. The van der Waals surface area contributed by atoms with Gasteiger partial charge in [0.2, 0.25) is 0 Å². The highest BCUT2D eigenvalue weighted by Gasteiger charge is 2.21. The monoisotopic (exact) mass is 453 g/mol. The lowest BCUT2D eigenvalue weighted by Gasteiger charge is -2.16. The summed E-state index contributed by atoms with van der Waals surface area (Å²) in [6.07, 6.45) is 0. The van der Waals surface area contributed by atoms with Gasteiger partial charge in [0.05, 0.1) is 30.8 Å². The van der Waals surface area contributed by atoms with Gasteiger partial charge >= 0.3 is 0 Å². The van der Waals surface area contributed by atoms with Gasteiger partial charge in [-0.05, 0) is 58.3 Å². The highest BCUT2D eigenvalue weighted by atomic mass is 16.5. The molecule has 7 aromatic rings. The summed E-state index contributed by atoms with van der Waals surface area (Å²) in [5, 5.41) is 4.97. The van der Waals surface area contributed by atoms with Crippen molar-refractivity contribution in [3.63, 3.8) is 0 Å². The molecule has 4 aromatic carbocycles. The summed E-state index contributed by atoms with van der Waals surface area (Å²) >= 11 is 0. The van der Waals surface area contributed by atoms with Crippen molar-refractivity contribution in [1.82, 2.24) is 4.40 Å². The fraction of sp³-hybridized carbons (Fsp3) is 0.0625. The van der Waals surface area contributed by atoms with Crippen molar-refractivity contribution in [2.45, 2.75) is 0 Å². The lowest BCUT2D eigenvalue weighted by atomic mass is 9.98. The summed E-state index contributed by atoms with van der Waals surface area (Å²) in [7, 11) is 3.41. The summed E-state index contributed by atoms with van der Waals surface area (Å²) in [4.78, 5) is 0. The number of pyridine rings is 2. The number of ether oxygens (including phenoxy) is 2. The van der Waals surface area contributed by atoms with Crippen molar-refractivity contribution >= 4 is 38.1 Å².